The summed E-state index contributed by atoms with van der Waals surface area (Å²) in [6.45, 7) is 12.5. The van der Waals surface area contributed by atoms with Crippen LogP contribution in [0.1, 0.15) is 41.5 Å². The maximum Gasteiger partial charge on any atom is 0.186 e. The fourth-order valence-electron chi connectivity index (χ4n) is 4.08. The van der Waals surface area contributed by atoms with E-state index in [1.807, 2.05) is 36.5 Å². The van der Waals surface area contributed by atoms with E-state index in [0.29, 0.717) is 0 Å². The van der Waals surface area contributed by atoms with E-state index in [0.717, 1.165) is 27.8 Å². The van der Waals surface area contributed by atoms with Gasteiger partial charge in [-0.25, -0.2) is 0 Å². The lowest BCUT2D eigenvalue weighted by atomic mass is 10.0. The Kier molecular flexibility index (Phi) is 4.80. The van der Waals surface area contributed by atoms with E-state index in [4.69, 9.17) is 4.74 Å². The predicted molar refractivity (Wildman–Crippen MR) is 116 cm³/mol. The summed E-state index contributed by atoms with van der Waals surface area (Å²) >= 11 is 0. The van der Waals surface area contributed by atoms with E-state index in [1.165, 1.54) is 0 Å². The first-order chi connectivity index (χ1) is 12.5. The molecule has 3 rings (SSSR count). The van der Waals surface area contributed by atoms with Crippen molar-refractivity contribution in [2.45, 2.75) is 51.9 Å². The Bertz CT molecular complexity index is 987. The lowest BCUT2D eigenvalue weighted by molar-refractivity contribution is 0.415. The van der Waals surface area contributed by atoms with Crippen LogP contribution in [0.15, 0.2) is 54.7 Å². The van der Waals surface area contributed by atoms with E-state index >= 15 is 0 Å². The third-order valence-corrected chi connectivity index (χ3v) is 9.76. The number of hydrogen-bond acceptors (Lipinski definition) is 2. The second-order valence-electron chi connectivity index (χ2n) is 9.06. The van der Waals surface area contributed by atoms with Crippen LogP contribution in [-0.4, -0.2) is 21.8 Å². The van der Waals surface area contributed by atoms with E-state index < -0.39 is 7.29 Å². The maximum absolute atomic E-state index is 14.6. The van der Waals surface area contributed by atoms with Crippen LogP contribution in [-0.2, 0) is 4.57 Å². The molecule has 0 aliphatic rings. The molecule has 0 amide bonds. The van der Waals surface area contributed by atoms with Crippen LogP contribution >= 0.6 is 7.29 Å². The van der Waals surface area contributed by atoms with Gasteiger partial charge in [0.2, 0.25) is 0 Å². The zero-order valence-corrected chi connectivity index (χ0v) is 18.3. The Morgan fingerprint density at radius 3 is 2.00 bits per heavy atom. The number of rotatable bonds is 3. The third kappa shape index (κ3) is 3.12. The molecule has 0 fully saturated rings. The Balaban J connectivity index is 2.45. The van der Waals surface area contributed by atoms with Gasteiger partial charge < -0.3 is 4.74 Å². The van der Waals surface area contributed by atoms with Crippen molar-refractivity contribution in [3.63, 3.8) is 0 Å². The predicted octanol–water partition coefficient (Wildman–Crippen LogP) is 7.04. The molecule has 1 aromatic heterocycles. The summed E-state index contributed by atoms with van der Waals surface area (Å²) in [5.74, 6) is 0.806. The Hall–Kier alpha value is -1.99. The molecule has 1 heterocycles. The van der Waals surface area contributed by atoms with Crippen LogP contribution in [0, 0.1) is 0 Å². The summed E-state index contributed by atoms with van der Waals surface area (Å²) < 4.78 is 22.2. The largest absolute Gasteiger partial charge is 0.497 e. The number of ether oxygens (including phenoxy) is 1. The molecule has 3 nitrogen and oxygen atoms in total. The van der Waals surface area contributed by atoms with Gasteiger partial charge in [-0.1, -0.05) is 71.9 Å². The van der Waals surface area contributed by atoms with Crippen molar-refractivity contribution < 1.29 is 9.30 Å². The van der Waals surface area contributed by atoms with Gasteiger partial charge in [0.05, 0.1) is 12.6 Å². The van der Waals surface area contributed by atoms with Crippen LogP contribution in [0.5, 0.6) is 5.75 Å². The monoisotopic (exact) mass is 383 g/mol. The summed E-state index contributed by atoms with van der Waals surface area (Å²) in [7, 11) is -1.15. The number of nitrogens with zero attached hydrogens (tertiary/aromatic N) is 1. The van der Waals surface area contributed by atoms with Crippen LogP contribution in [0.25, 0.3) is 22.0 Å². The molecule has 3 aromatic rings. The fourth-order valence-corrected chi connectivity index (χ4v) is 8.15. The molecule has 0 saturated carbocycles. The van der Waals surface area contributed by atoms with E-state index in [1.54, 1.807) is 7.11 Å². The first-order valence-corrected chi connectivity index (χ1v) is 11.0. The number of methoxy groups -OCH3 is 1. The van der Waals surface area contributed by atoms with E-state index in [-0.39, 0.29) is 10.3 Å². The molecule has 2 aromatic carbocycles. The minimum Gasteiger partial charge on any atom is -0.497 e. The van der Waals surface area contributed by atoms with Crippen LogP contribution in [0.2, 0.25) is 0 Å². The number of benzene rings is 2. The van der Waals surface area contributed by atoms with Gasteiger partial charge in [0.1, 0.15) is 5.75 Å². The first kappa shape index (κ1) is 19.8. The van der Waals surface area contributed by atoms with Crippen LogP contribution < -0.4 is 4.74 Å². The Morgan fingerprint density at radius 1 is 0.889 bits per heavy atom. The SMILES string of the molecule is COc1cc(-c2ccccc2)c2c(ccn2P(=O)(C(C)(C)C)C(C)(C)C)c1. The second-order valence-corrected chi connectivity index (χ2v) is 13.3. The Morgan fingerprint density at radius 2 is 1.48 bits per heavy atom. The minimum absolute atomic E-state index is 0.370. The molecule has 0 spiro atoms. The normalized spacial score (nSPS) is 13.1. The van der Waals surface area contributed by atoms with Crippen molar-refractivity contribution in [2.75, 3.05) is 7.11 Å². The Labute approximate surface area is 162 Å². The van der Waals surface area contributed by atoms with Gasteiger partial charge in [-0.2, -0.15) is 0 Å². The van der Waals surface area contributed by atoms with E-state index in [2.05, 4.69) is 64.1 Å². The molecule has 0 N–H and O–H groups in total. The summed E-state index contributed by atoms with van der Waals surface area (Å²) in [6.07, 6.45) is 1.99. The zero-order valence-electron chi connectivity index (χ0n) is 17.4. The highest BCUT2D eigenvalue weighted by Gasteiger charge is 2.48. The highest BCUT2D eigenvalue weighted by atomic mass is 31.2. The van der Waals surface area contributed by atoms with Crippen molar-refractivity contribution in [3.05, 3.63) is 54.7 Å². The van der Waals surface area contributed by atoms with Gasteiger partial charge >= 0.3 is 0 Å². The molecule has 27 heavy (non-hydrogen) atoms. The van der Waals surface area contributed by atoms with Gasteiger partial charge in [-0.05, 0) is 23.8 Å². The second kappa shape index (κ2) is 6.56. The molecule has 0 unspecified atom stereocenters. The lowest BCUT2D eigenvalue weighted by Gasteiger charge is -2.42. The summed E-state index contributed by atoms with van der Waals surface area (Å²) in [4.78, 5) is 0. The highest BCUT2D eigenvalue weighted by Crippen LogP contribution is 2.68. The molecule has 0 aliphatic carbocycles. The molecule has 0 saturated heterocycles. The average Bonchev–Trinajstić information content (AvgIpc) is 3.03. The summed E-state index contributed by atoms with van der Waals surface area (Å²) in [5, 5.41) is 0.304. The van der Waals surface area contributed by atoms with Gasteiger partial charge in [0.25, 0.3) is 0 Å². The maximum atomic E-state index is 14.6. The average molecular weight is 383 g/mol. The fraction of sp³-hybridized carbons (Fsp3) is 0.391. The number of aromatic nitrogens is 1. The zero-order chi connectivity index (χ0) is 20.0. The van der Waals surface area contributed by atoms with E-state index in [9.17, 15) is 4.57 Å². The molecule has 0 atom stereocenters. The van der Waals surface area contributed by atoms with Crippen molar-refractivity contribution in [3.8, 4) is 16.9 Å². The van der Waals surface area contributed by atoms with Crippen LogP contribution in [0.3, 0.4) is 0 Å². The molecule has 0 bridgehead atoms. The van der Waals surface area contributed by atoms with Gasteiger partial charge in [0.15, 0.2) is 7.29 Å². The minimum atomic E-state index is -2.83. The summed E-state index contributed by atoms with van der Waals surface area (Å²) in [6, 6.07) is 16.4. The van der Waals surface area contributed by atoms with Crippen molar-refractivity contribution in [1.29, 1.82) is 0 Å². The van der Waals surface area contributed by atoms with Crippen molar-refractivity contribution in [1.82, 2.24) is 4.34 Å². The number of fused-ring (bicyclic) bond motifs is 1. The molecular weight excluding hydrogens is 353 g/mol. The highest BCUT2D eigenvalue weighted by molar-refractivity contribution is 7.65. The van der Waals surface area contributed by atoms with Gasteiger partial charge in [-0.15, -0.1) is 0 Å². The topological polar surface area (TPSA) is 31.2 Å². The summed E-state index contributed by atoms with van der Waals surface area (Å²) in [5.41, 5.74) is 3.15. The molecule has 144 valence electrons. The molecule has 4 heteroatoms. The third-order valence-electron chi connectivity index (χ3n) is 5.18. The lowest BCUT2D eigenvalue weighted by Crippen LogP contribution is -2.32. The van der Waals surface area contributed by atoms with Crippen LogP contribution in [0.4, 0.5) is 0 Å². The standard InChI is InChI=1S/C23H30NO2P/c1-22(2,3)27(25,23(4,5)6)24-14-13-18-15-19(26-7)16-20(21(18)24)17-11-9-8-10-12-17/h8-16H,1-7H3. The van der Waals surface area contributed by atoms with Gasteiger partial charge in [-0.3, -0.25) is 8.90 Å². The molecular formula is C23H30NO2P. The smallest absolute Gasteiger partial charge is 0.186 e. The number of hydrogen-bond donors (Lipinski definition) is 0. The first-order valence-electron chi connectivity index (χ1n) is 9.36. The van der Waals surface area contributed by atoms with Crippen molar-refractivity contribution >= 4 is 18.2 Å². The van der Waals surface area contributed by atoms with Crippen molar-refractivity contribution in [2.24, 2.45) is 0 Å². The van der Waals surface area contributed by atoms with Gasteiger partial charge in [0, 0.05) is 27.5 Å². The quantitative estimate of drug-likeness (QED) is 0.454. The molecule has 0 aliphatic heterocycles. The molecule has 0 radical (unpaired) electrons.